The van der Waals surface area contributed by atoms with Crippen LogP contribution >= 0.6 is 11.6 Å². The Morgan fingerprint density at radius 1 is 0.872 bits per heavy atom. The van der Waals surface area contributed by atoms with Crippen LogP contribution < -0.4 is 9.62 Å². The van der Waals surface area contributed by atoms with E-state index in [0.29, 0.717) is 34.5 Å². The molecule has 0 saturated carbocycles. The maximum absolute atomic E-state index is 14.4. The third-order valence-corrected chi connectivity index (χ3v) is 9.36. The molecule has 2 amide bonds. The van der Waals surface area contributed by atoms with Crippen LogP contribution in [0.4, 0.5) is 23.2 Å². The summed E-state index contributed by atoms with van der Waals surface area (Å²) in [4.78, 5) is 28.9. The first kappa shape index (κ1) is 35.4. The lowest BCUT2D eigenvalue weighted by atomic mass is 10.0. The zero-order chi connectivity index (χ0) is 34.2. The zero-order valence-corrected chi connectivity index (χ0v) is 26.8. The van der Waals surface area contributed by atoms with E-state index < -0.39 is 62.7 Å². The number of amides is 2. The Kier molecular flexibility index (Phi) is 11.6. The molecule has 0 aliphatic heterocycles. The average molecular weight is 690 g/mol. The van der Waals surface area contributed by atoms with Gasteiger partial charge in [-0.1, -0.05) is 79.2 Å². The van der Waals surface area contributed by atoms with E-state index in [1.807, 2.05) is 6.92 Å². The summed E-state index contributed by atoms with van der Waals surface area (Å²) in [5.74, 6) is -1.93. The highest BCUT2D eigenvalue weighted by molar-refractivity contribution is 7.92. The van der Waals surface area contributed by atoms with Crippen LogP contribution in [-0.4, -0.2) is 44.3 Å². The van der Waals surface area contributed by atoms with Crippen LogP contribution in [0.3, 0.4) is 0 Å². The molecule has 1 N–H and O–H groups in total. The van der Waals surface area contributed by atoms with Gasteiger partial charge in [0.05, 0.1) is 21.2 Å². The first-order chi connectivity index (χ1) is 22.3. The van der Waals surface area contributed by atoms with Crippen LogP contribution in [0.2, 0.25) is 5.02 Å². The molecule has 1 atom stereocenters. The SMILES string of the molecule is CCCNC(=O)C(Cc1ccccc1)N(Cc1ccc(F)cc1)C(=O)CN(c1ccc(Cl)c(C(F)(F)F)c1)S(=O)(=O)c1ccccc1. The highest BCUT2D eigenvalue weighted by Gasteiger charge is 2.37. The van der Waals surface area contributed by atoms with E-state index in [1.54, 1.807) is 36.4 Å². The second-order valence-corrected chi connectivity index (χ2v) is 12.9. The number of nitrogens with zero attached hydrogens (tertiary/aromatic N) is 2. The quantitative estimate of drug-likeness (QED) is 0.156. The van der Waals surface area contributed by atoms with Gasteiger partial charge >= 0.3 is 6.18 Å². The first-order valence-corrected chi connectivity index (χ1v) is 16.4. The van der Waals surface area contributed by atoms with Crippen LogP contribution in [0.25, 0.3) is 0 Å². The number of sulfonamides is 1. The highest BCUT2D eigenvalue weighted by atomic mass is 35.5. The van der Waals surface area contributed by atoms with Gasteiger partial charge in [0.2, 0.25) is 11.8 Å². The molecule has 47 heavy (non-hydrogen) atoms. The normalized spacial score (nSPS) is 12.3. The van der Waals surface area contributed by atoms with E-state index in [0.717, 1.165) is 12.1 Å². The number of hydrogen-bond acceptors (Lipinski definition) is 4. The van der Waals surface area contributed by atoms with Crippen LogP contribution in [-0.2, 0) is 38.8 Å². The summed E-state index contributed by atoms with van der Waals surface area (Å²) in [6, 6.07) is 22.3. The fraction of sp³-hybridized carbons (Fsp3) is 0.235. The minimum absolute atomic E-state index is 0.0356. The van der Waals surface area contributed by atoms with E-state index in [1.165, 1.54) is 53.4 Å². The summed E-state index contributed by atoms with van der Waals surface area (Å²) in [5, 5.41) is 2.14. The number of benzene rings is 4. The molecule has 4 aromatic rings. The van der Waals surface area contributed by atoms with Gasteiger partial charge in [-0.05, 0) is 60.0 Å². The monoisotopic (exact) mass is 689 g/mol. The van der Waals surface area contributed by atoms with Crippen molar-refractivity contribution >= 4 is 39.1 Å². The fourth-order valence-corrected chi connectivity index (χ4v) is 6.49. The molecule has 248 valence electrons. The number of rotatable bonds is 13. The van der Waals surface area contributed by atoms with E-state index >= 15 is 0 Å². The van der Waals surface area contributed by atoms with Crippen LogP contribution in [0.1, 0.15) is 30.0 Å². The van der Waals surface area contributed by atoms with Crippen molar-refractivity contribution in [3.8, 4) is 0 Å². The Balaban J connectivity index is 1.84. The van der Waals surface area contributed by atoms with Crippen molar-refractivity contribution in [1.29, 1.82) is 0 Å². The van der Waals surface area contributed by atoms with E-state index in [4.69, 9.17) is 11.6 Å². The summed E-state index contributed by atoms with van der Waals surface area (Å²) in [6.07, 6.45) is -4.29. The van der Waals surface area contributed by atoms with Gasteiger partial charge in [0.1, 0.15) is 18.4 Å². The van der Waals surface area contributed by atoms with Crippen molar-refractivity contribution in [1.82, 2.24) is 10.2 Å². The van der Waals surface area contributed by atoms with Crippen molar-refractivity contribution in [2.75, 3.05) is 17.4 Å². The Bertz CT molecular complexity index is 1780. The van der Waals surface area contributed by atoms with Gasteiger partial charge in [0.15, 0.2) is 0 Å². The van der Waals surface area contributed by atoms with Crippen molar-refractivity contribution in [2.45, 2.75) is 43.4 Å². The Hall–Kier alpha value is -4.42. The van der Waals surface area contributed by atoms with Gasteiger partial charge in [-0.15, -0.1) is 0 Å². The lowest BCUT2D eigenvalue weighted by molar-refractivity contribution is -0.140. The lowest BCUT2D eigenvalue weighted by Crippen LogP contribution is -2.53. The average Bonchev–Trinajstić information content (AvgIpc) is 3.05. The number of alkyl halides is 3. The summed E-state index contributed by atoms with van der Waals surface area (Å²) < 4.78 is 84.0. The molecule has 0 aromatic heterocycles. The van der Waals surface area contributed by atoms with Gasteiger partial charge in [0, 0.05) is 19.5 Å². The Morgan fingerprint density at radius 2 is 1.49 bits per heavy atom. The summed E-state index contributed by atoms with van der Waals surface area (Å²) in [5.41, 5.74) is -0.621. The number of nitrogens with one attached hydrogen (secondary N) is 1. The molecule has 13 heteroatoms. The summed E-state index contributed by atoms with van der Waals surface area (Å²) in [6.45, 7) is 0.942. The molecule has 1 unspecified atom stereocenters. The Morgan fingerprint density at radius 3 is 2.09 bits per heavy atom. The summed E-state index contributed by atoms with van der Waals surface area (Å²) in [7, 11) is -4.63. The highest BCUT2D eigenvalue weighted by Crippen LogP contribution is 2.38. The standard InChI is InChI=1S/C34H32ClF4N3O4S/c1-2-19-40-33(44)31(20-24-9-5-3-6-10-24)41(22-25-13-15-26(36)16-14-25)32(43)23-42(47(45,46)28-11-7-4-8-12-28)27-17-18-30(35)29(21-27)34(37,38)39/h3-18,21,31H,2,19-20,22-23H2,1H3,(H,40,44). The van der Waals surface area contributed by atoms with Gasteiger partial charge < -0.3 is 10.2 Å². The maximum Gasteiger partial charge on any atom is 0.417 e. The number of halogens is 5. The van der Waals surface area contributed by atoms with Crippen LogP contribution in [0, 0.1) is 5.82 Å². The molecule has 0 saturated heterocycles. The smallest absolute Gasteiger partial charge is 0.354 e. The molecule has 4 rings (SSSR count). The topological polar surface area (TPSA) is 86.8 Å². The largest absolute Gasteiger partial charge is 0.417 e. The van der Waals surface area contributed by atoms with Crippen molar-refractivity contribution in [3.05, 3.63) is 131 Å². The molecule has 0 radical (unpaired) electrons. The first-order valence-electron chi connectivity index (χ1n) is 14.6. The molecule has 0 fully saturated rings. The third kappa shape index (κ3) is 9.11. The number of carbonyl (C=O) groups excluding carboxylic acids is 2. The number of carbonyl (C=O) groups is 2. The van der Waals surface area contributed by atoms with Gasteiger partial charge in [-0.3, -0.25) is 13.9 Å². The molecular weight excluding hydrogens is 658 g/mol. The van der Waals surface area contributed by atoms with Gasteiger partial charge in [-0.2, -0.15) is 13.2 Å². The molecule has 0 heterocycles. The molecule has 0 bridgehead atoms. The predicted molar refractivity (Wildman–Crippen MR) is 172 cm³/mol. The summed E-state index contributed by atoms with van der Waals surface area (Å²) >= 11 is 5.84. The molecule has 4 aromatic carbocycles. The van der Waals surface area contributed by atoms with E-state index in [9.17, 15) is 35.6 Å². The van der Waals surface area contributed by atoms with Crippen molar-refractivity contribution < 1.29 is 35.6 Å². The number of anilines is 1. The van der Waals surface area contributed by atoms with Crippen molar-refractivity contribution in [3.63, 3.8) is 0 Å². The third-order valence-electron chi connectivity index (χ3n) is 7.24. The molecular formula is C34H32ClF4N3O4S. The van der Waals surface area contributed by atoms with Crippen LogP contribution in [0.15, 0.2) is 108 Å². The van der Waals surface area contributed by atoms with Crippen molar-refractivity contribution in [2.24, 2.45) is 0 Å². The second kappa shape index (κ2) is 15.4. The molecule has 7 nitrogen and oxygen atoms in total. The molecule has 0 spiro atoms. The second-order valence-electron chi connectivity index (χ2n) is 10.6. The van der Waals surface area contributed by atoms with Gasteiger partial charge in [-0.25, -0.2) is 12.8 Å². The lowest BCUT2D eigenvalue weighted by Gasteiger charge is -2.34. The predicted octanol–water partition coefficient (Wildman–Crippen LogP) is 6.86. The Labute approximate surface area is 275 Å². The molecule has 0 aliphatic carbocycles. The fourth-order valence-electron chi connectivity index (χ4n) is 4.84. The zero-order valence-electron chi connectivity index (χ0n) is 25.3. The van der Waals surface area contributed by atoms with E-state index in [2.05, 4.69) is 5.32 Å². The van der Waals surface area contributed by atoms with Crippen LogP contribution in [0.5, 0.6) is 0 Å². The molecule has 0 aliphatic rings. The minimum atomic E-state index is -4.92. The van der Waals surface area contributed by atoms with Gasteiger partial charge in [0.25, 0.3) is 10.0 Å². The van der Waals surface area contributed by atoms with E-state index in [-0.39, 0.29) is 17.9 Å². The number of hydrogen-bond donors (Lipinski definition) is 1. The maximum atomic E-state index is 14.4. The minimum Gasteiger partial charge on any atom is -0.354 e.